The van der Waals surface area contributed by atoms with Crippen LogP contribution >= 0.6 is 0 Å². The van der Waals surface area contributed by atoms with Gasteiger partial charge < -0.3 is 10.2 Å². The second kappa shape index (κ2) is 6.98. The third kappa shape index (κ3) is 3.81. The van der Waals surface area contributed by atoms with Gasteiger partial charge in [0.25, 0.3) is 5.69 Å². The standard InChI is InChI=1S/C17H23N3O3/c21-17(19(14-9-10-14)13-5-1-2-6-13)11-12-18-15-7-3-4-8-16(15)20(22)23/h3-4,7-8,13-14,18H,1-2,5-6,9-12H2. The van der Waals surface area contributed by atoms with Crippen LogP contribution in [0.4, 0.5) is 11.4 Å². The summed E-state index contributed by atoms with van der Waals surface area (Å²) in [6, 6.07) is 7.41. The molecule has 6 nitrogen and oxygen atoms in total. The fraction of sp³-hybridized carbons (Fsp3) is 0.588. The van der Waals surface area contributed by atoms with E-state index in [1.54, 1.807) is 18.2 Å². The summed E-state index contributed by atoms with van der Waals surface area (Å²) in [5.41, 5.74) is 0.527. The van der Waals surface area contributed by atoms with Gasteiger partial charge in [-0.15, -0.1) is 0 Å². The van der Waals surface area contributed by atoms with Crippen LogP contribution in [0, 0.1) is 10.1 Å². The highest BCUT2D eigenvalue weighted by atomic mass is 16.6. The SMILES string of the molecule is O=C(CCNc1ccccc1[N+](=O)[O-])N(C1CCCC1)C1CC1. The lowest BCUT2D eigenvalue weighted by molar-refractivity contribution is -0.384. The monoisotopic (exact) mass is 317 g/mol. The second-order valence-electron chi connectivity index (χ2n) is 6.42. The zero-order valence-electron chi connectivity index (χ0n) is 13.2. The fourth-order valence-corrected chi connectivity index (χ4v) is 3.46. The van der Waals surface area contributed by atoms with Gasteiger partial charge in [-0.2, -0.15) is 0 Å². The molecule has 0 atom stereocenters. The van der Waals surface area contributed by atoms with Gasteiger partial charge in [-0.1, -0.05) is 25.0 Å². The number of rotatable bonds is 7. The van der Waals surface area contributed by atoms with Crippen molar-refractivity contribution in [3.05, 3.63) is 34.4 Å². The Kier molecular flexibility index (Phi) is 4.79. The third-order valence-electron chi connectivity index (χ3n) is 4.70. The minimum Gasteiger partial charge on any atom is -0.379 e. The smallest absolute Gasteiger partial charge is 0.292 e. The molecule has 2 aliphatic carbocycles. The number of carbonyl (C=O) groups excluding carboxylic acids is 1. The van der Waals surface area contributed by atoms with Gasteiger partial charge in [0.2, 0.25) is 5.91 Å². The maximum Gasteiger partial charge on any atom is 0.292 e. The summed E-state index contributed by atoms with van der Waals surface area (Å²) in [4.78, 5) is 25.3. The van der Waals surface area contributed by atoms with Gasteiger partial charge in [0.15, 0.2) is 0 Å². The van der Waals surface area contributed by atoms with Gasteiger partial charge >= 0.3 is 0 Å². The third-order valence-corrected chi connectivity index (χ3v) is 4.70. The quantitative estimate of drug-likeness (QED) is 0.618. The predicted molar refractivity (Wildman–Crippen MR) is 88.3 cm³/mol. The summed E-state index contributed by atoms with van der Waals surface area (Å²) in [7, 11) is 0. The molecule has 2 fully saturated rings. The molecule has 2 saturated carbocycles. The van der Waals surface area contributed by atoms with Crippen molar-refractivity contribution in [3.8, 4) is 0 Å². The van der Waals surface area contributed by atoms with Crippen molar-refractivity contribution in [1.29, 1.82) is 0 Å². The van der Waals surface area contributed by atoms with Crippen LogP contribution < -0.4 is 5.32 Å². The van der Waals surface area contributed by atoms with E-state index >= 15 is 0 Å². The number of nitrogens with one attached hydrogen (secondary N) is 1. The van der Waals surface area contributed by atoms with Crippen molar-refractivity contribution in [2.75, 3.05) is 11.9 Å². The topological polar surface area (TPSA) is 75.5 Å². The number of benzene rings is 1. The molecule has 1 N–H and O–H groups in total. The van der Waals surface area contributed by atoms with Gasteiger partial charge in [-0.05, 0) is 31.7 Å². The van der Waals surface area contributed by atoms with E-state index in [9.17, 15) is 14.9 Å². The van der Waals surface area contributed by atoms with Crippen LogP contribution in [0.15, 0.2) is 24.3 Å². The summed E-state index contributed by atoms with van der Waals surface area (Å²) in [5, 5.41) is 14.0. The second-order valence-corrected chi connectivity index (χ2v) is 6.42. The molecule has 0 bridgehead atoms. The average Bonchev–Trinajstić information content (AvgIpc) is 3.22. The Morgan fingerprint density at radius 2 is 1.83 bits per heavy atom. The first-order valence-corrected chi connectivity index (χ1v) is 8.45. The molecule has 23 heavy (non-hydrogen) atoms. The normalized spacial score (nSPS) is 17.9. The number of anilines is 1. The zero-order valence-corrected chi connectivity index (χ0v) is 13.2. The van der Waals surface area contributed by atoms with E-state index in [4.69, 9.17) is 0 Å². The molecule has 0 aromatic heterocycles. The number of nitrogens with zero attached hydrogens (tertiary/aromatic N) is 2. The van der Waals surface area contributed by atoms with Crippen molar-refractivity contribution in [1.82, 2.24) is 4.90 Å². The van der Waals surface area contributed by atoms with E-state index in [1.165, 1.54) is 18.9 Å². The van der Waals surface area contributed by atoms with Crippen LogP contribution in [0.2, 0.25) is 0 Å². The number of carbonyl (C=O) groups is 1. The molecule has 0 heterocycles. The van der Waals surface area contributed by atoms with Crippen LogP contribution in [0.1, 0.15) is 44.9 Å². The van der Waals surface area contributed by atoms with Crippen LogP contribution in [0.3, 0.4) is 0 Å². The van der Waals surface area contributed by atoms with E-state index < -0.39 is 4.92 Å². The molecule has 0 aliphatic heterocycles. The van der Waals surface area contributed by atoms with Crippen LogP contribution in [0.25, 0.3) is 0 Å². The maximum absolute atomic E-state index is 12.6. The Hall–Kier alpha value is -2.11. The molecule has 0 saturated heterocycles. The van der Waals surface area contributed by atoms with Crippen LogP contribution in [-0.2, 0) is 4.79 Å². The first-order chi connectivity index (χ1) is 11.2. The minimum absolute atomic E-state index is 0.0507. The number of nitro benzene ring substituents is 1. The number of para-hydroxylation sites is 2. The maximum atomic E-state index is 12.6. The molecule has 0 radical (unpaired) electrons. The molecule has 3 rings (SSSR count). The van der Waals surface area contributed by atoms with Crippen molar-refractivity contribution in [3.63, 3.8) is 0 Å². The first kappa shape index (κ1) is 15.8. The molecule has 1 amide bonds. The lowest BCUT2D eigenvalue weighted by atomic mass is 10.2. The van der Waals surface area contributed by atoms with Gasteiger partial charge in [-0.3, -0.25) is 14.9 Å². The largest absolute Gasteiger partial charge is 0.379 e. The number of nitro groups is 1. The van der Waals surface area contributed by atoms with Gasteiger partial charge in [0, 0.05) is 31.1 Å². The Labute approximate surface area is 136 Å². The van der Waals surface area contributed by atoms with Gasteiger partial charge in [0.1, 0.15) is 5.69 Å². The van der Waals surface area contributed by atoms with Crippen LogP contribution in [-0.4, -0.2) is 34.4 Å². The summed E-state index contributed by atoms with van der Waals surface area (Å²) in [6.07, 6.45) is 7.32. The van der Waals surface area contributed by atoms with Crippen molar-refractivity contribution in [2.45, 2.75) is 57.0 Å². The lowest BCUT2D eigenvalue weighted by Gasteiger charge is -2.29. The number of hydrogen-bond donors (Lipinski definition) is 1. The molecular formula is C17H23N3O3. The average molecular weight is 317 g/mol. The molecule has 2 aliphatic rings. The highest BCUT2D eigenvalue weighted by Crippen LogP contribution is 2.35. The van der Waals surface area contributed by atoms with E-state index in [-0.39, 0.29) is 11.6 Å². The molecule has 124 valence electrons. The lowest BCUT2D eigenvalue weighted by Crippen LogP contribution is -2.41. The summed E-state index contributed by atoms with van der Waals surface area (Å²) in [5.74, 6) is 0.186. The summed E-state index contributed by atoms with van der Waals surface area (Å²) in [6.45, 7) is 0.430. The van der Waals surface area contributed by atoms with Crippen LogP contribution in [0.5, 0.6) is 0 Å². The van der Waals surface area contributed by atoms with Crippen molar-refractivity contribution in [2.24, 2.45) is 0 Å². The fourth-order valence-electron chi connectivity index (χ4n) is 3.46. The zero-order chi connectivity index (χ0) is 16.2. The molecule has 1 aromatic carbocycles. The van der Waals surface area contributed by atoms with Gasteiger partial charge in [0.05, 0.1) is 4.92 Å². The van der Waals surface area contributed by atoms with Crippen molar-refractivity contribution >= 4 is 17.3 Å². The Morgan fingerprint density at radius 1 is 1.17 bits per heavy atom. The number of amides is 1. The first-order valence-electron chi connectivity index (χ1n) is 8.45. The summed E-state index contributed by atoms with van der Waals surface area (Å²) >= 11 is 0. The van der Waals surface area contributed by atoms with E-state index in [2.05, 4.69) is 10.2 Å². The Morgan fingerprint density at radius 3 is 2.48 bits per heavy atom. The molecular weight excluding hydrogens is 294 g/mol. The molecule has 6 heteroatoms. The highest BCUT2D eigenvalue weighted by molar-refractivity contribution is 5.78. The van der Waals surface area contributed by atoms with Crippen molar-refractivity contribution < 1.29 is 9.72 Å². The van der Waals surface area contributed by atoms with E-state index in [0.29, 0.717) is 30.7 Å². The number of hydrogen-bond acceptors (Lipinski definition) is 4. The highest BCUT2D eigenvalue weighted by Gasteiger charge is 2.37. The molecule has 0 spiro atoms. The minimum atomic E-state index is -0.404. The molecule has 1 aromatic rings. The predicted octanol–water partition coefficient (Wildman–Crippen LogP) is 3.33. The Bertz CT molecular complexity index is 580. The van der Waals surface area contributed by atoms with E-state index in [0.717, 1.165) is 25.7 Å². The Balaban J connectivity index is 1.55. The van der Waals surface area contributed by atoms with Gasteiger partial charge in [-0.25, -0.2) is 0 Å². The van der Waals surface area contributed by atoms with E-state index in [1.807, 2.05) is 0 Å². The molecule has 0 unspecified atom stereocenters. The summed E-state index contributed by atoms with van der Waals surface area (Å²) < 4.78 is 0.